The van der Waals surface area contributed by atoms with Crippen LogP contribution < -0.4 is 11.2 Å². The van der Waals surface area contributed by atoms with E-state index in [9.17, 15) is 15.3 Å². The van der Waals surface area contributed by atoms with Crippen molar-refractivity contribution in [3.8, 4) is 28.4 Å². The Bertz CT molecular complexity index is 717. The van der Waals surface area contributed by atoms with Crippen LogP contribution in [0.2, 0.25) is 0 Å². The lowest BCUT2D eigenvalue weighted by Crippen LogP contribution is -2.23. The van der Waals surface area contributed by atoms with E-state index < -0.39 is 0 Å². The summed E-state index contributed by atoms with van der Waals surface area (Å²) in [5.41, 5.74) is 9.21. The summed E-state index contributed by atoms with van der Waals surface area (Å²) in [6, 6.07) is 9.02. The number of nitrogens with one attached hydrogen (secondary N) is 1. The largest absolute Gasteiger partial charge is 0.508 e. The van der Waals surface area contributed by atoms with E-state index in [1.165, 1.54) is 24.4 Å². The average molecular weight is 303 g/mol. The van der Waals surface area contributed by atoms with E-state index in [0.717, 1.165) is 0 Å². The van der Waals surface area contributed by atoms with Gasteiger partial charge in [0, 0.05) is 17.2 Å². The van der Waals surface area contributed by atoms with Crippen molar-refractivity contribution in [3.05, 3.63) is 42.0 Å². The molecule has 6 N–H and O–H groups in total. The van der Waals surface area contributed by atoms with Crippen molar-refractivity contribution in [2.75, 3.05) is 0 Å². The van der Waals surface area contributed by atoms with Crippen LogP contribution in [0.1, 0.15) is 5.56 Å². The van der Waals surface area contributed by atoms with Crippen molar-refractivity contribution in [3.63, 3.8) is 0 Å². The predicted molar refractivity (Wildman–Crippen MR) is 84.4 cm³/mol. The van der Waals surface area contributed by atoms with Crippen LogP contribution in [-0.4, -0.2) is 26.6 Å². The third-order valence-corrected chi connectivity index (χ3v) is 2.79. The fraction of sp³-hybridized carbons (Fsp3) is 0. The van der Waals surface area contributed by atoms with E-state index in [4.69, 9.17) is 5.73 Å². The van der Waals surface area contributed by atoms with Crippen LogP contribution in [-0.2, 0) is 0 Å². The highest BCUT2D eigenvalue weighted by Gasteiger charge is 2.08. The minimum absolute atomic E-state index is 0.0121. The molecule has 0 bridgehead atoms. The van der Waals surface area contributed by atoms with Crippen LogP contribution in [0.5, 0.6) is 17.2 Å². The number of hydrogen-bond acceptors (Lipinski definition) is 5. The Balaban J connectivity index is 2.38. The highest BCUT2D eigenvalue weighted by molar-refractivity contribution is 7.80. The van der Waals surface area contributed by atoms with Gasteiger partial charge in [-0.15, -0.1) is 0 Å². The second-order valence-corrected chi connectivity index (χ2v) is 4.65. The van der Waals surface area contributed by atoms with E-state index in [0.29, 0.717) is 16.7 Å². The first kappa shape index (κ1) is 14.6. The third-order valence-electron chi connectivity index (χ3n) is 2.70. The van der Waals surface area contributed by atoms with Gasteiger partial charge in [0.1, 0.15) is 17.2 Å². The van der Waals surface area contributed by atoms with Gasteiger partial charge in [0.25, 0.3) is 0 Å². The number of phenolic OH excluding ortho intramolecular Hbond substituents is 3. The smallest absolute Gasteiger partial charge is 0.184 e. The first-order chi connectivity index (χ1) is 9.97. The summed E-state index contributed by atoms with van der Waals surface area (Å²) in [6.07, 6.45) is 1.36. The molecule has 108 valence electrons. The number of nitrogens with zero attached hydrogens (tertiary/aromatic N) is 1. The van der Waals surface area contributed by atoms with Crippen LogP contribution in [0.15, 0.2) is 41.5 Å². The van der Waals surface area contributed by atoms with E-state index in [2.05, 4.69) is 22.7 Å². The molecule has 0 aliphatic carbocycles. The zero-order valence-corrected chi connectivity index (χ0v) is 11.6. The Morgan fingerprint density at radius 3 is 2.52 bits per heavy atom. The Hall–Kier alpha value is -2.80. The Labute approximate surface area is 126 Å². The first-order valence-electron chi connectivity index (χ1n) is 5.91. The minimum atomic E-state index is -0.0650. The van der Waals surface area contributed by atoms with Crippen molar-refractivity contribution in [2.24, 2.45) is 10.8 Å². The number of hydrazone groups is 1. The second-order valence-electron chi connectivity index (χ2n) is 4.21. The molecule has 7 heteroatoms. The number of hydrogen-bond donors (Lipinski definition) is 5. The lowest BCUT2D eigenvalue weighted by molar-refractivity contribution is 0.451. The lowest BCUT2D eigenvalue weighted by atomic mass is 10.0. The molecule has 2 aromatic rings. The highest BCUT2D eigenvalue weighted by atomic mass is 32.1. The number of rotatable bonds is 3. The number of aromatic hydroxyl groups is 3. The summed E-state index contributed by atoms with van der Waals surface area (Å²) in [6.45, 7) is 0. The molecule has 0 saturated carbocycles. The van der Waals surface area contributed by atoms with Crippen LogP contribution in [0.4, 0.5) is 0 Å². The van der Waals surface area contributed by atoms with E-state index >= 15 is 0 Å². The Morgan fingerprint density at radius 1 is 1.10 bits per heavy atom. The molecule has 6 nitrogen and oxygen atoms in total. The van der Waals surface area contributed by atoms with Gasteiger partial charge in [-0.05, 0) is 42.0 Å². The summed E-state index contributed by atoms with van der Waals surface area (Å²) in [5.74, 6) is -0.0761. The molecule has 0 aliphatic heterocycles. The van der Waals surface area contributed by atoms with Gasteiger partial charge in [-0.1, -0.05) is 6.07 Å². The quantitative estimate of drug-likeness (QED) is 0.335. The number of benzene rings is 2. The summed E-state index contributed by atoms with van der Waals surface area (Å²) < 4.78 is 0. The van der Waals surface area contributed by atoms with Gasteiger partial charge in [0.05, 0.1) is 6.21 Å². The van der Waals surface area contributed by atoms with Crippen LogP contribution in [0.25, 0.3) is 11.1 Å². The predicted octanol–water partition coefficient (Wildman–Crippen LogP) is 1.64. The molecule has 0 fully saturated rings. The van der Waals surface area contributed by atoms with Gasteiger partial charge in [-0.3, -0.25) is 5.43 Å². The maximum Gasteiger partial charge on any atom is 0.184 e. The van der Waals surface area contributed by atoms with Crippen molar-refractivity contribution >= 4 is 23.5 Å². The monoisotopic (exact) mass is 303 g/mol. The van der Waals surface area contributed by atoms with Gasteiger partial charge in [0.2, 0.25) is 0 Å². The number of nitrogens with two attached hydrogens (primary N) is 1. The molecule has 0 aromatic heterocycles. The zero-order chi connectivity index (χ0) is 15.4. The standard InChI is InChI=1S/C14H13N3O3S/c15-14(21)17-16-7-9-5-8(1-4-12(9)19)11-3-2-10(18)6-13(11)20/h1-7,18-20H,(H3,15,17,21). The Morgan fingerprint density at radius 2 is 1.86 bits per heavy atom. The molecule has 0 heterocycles. The number of phenols is 3. The van der Waals surface area contributed by atoms with Gasteiger partial charge in [-0.25, -0.2) is 0 Å². The molecular weight excluding hydrogens is 290 g/mol. The molecule has 21 heavy (non-hydrogen) atoms. The first-order valence-corrected chi connectivity index (χ1v) is 6.32. The van der Waals surface area contributed by atoms with E-state index in [1.807, 2.05) is 0 Å². The minimum Gasteiger partial charge on any atom is -0.508 e. The lowest BCUT2D eigenvalue weighted by Gasteiger charge is -2.07. The maximum atomic E-state index is 9.85. The van der Waals surface area contributed by atoms with Crippen molar-refractivity contribution < 1.29 is 15.3 Å². The molecule has 0 saturated heterocycles. The van der Waals surface area contributed by atoms with E-state index in [-0.39, 0.29) is 22.4 Å². The molecule has 2 aromatic carbocycles. The van der Waals surface area contributed by atoms with Crippen molar-refractivity contribution in [2.45, 2.75) is 0 Å². The van der Waals surface area contributed by atoms with Crippen LogP contribution >= 0.6 is 12.2 Å². The zero-order valence-electron chi connectivity index (χ0n) is 10.8. The molecule has 0 spiro atoms. The molecule has 0 atom stereocenters. The molecular formula is C14H13N3O3S. The normalized spacial score (nSPS) is 10.7. The van der Waals surface area contributed by atoms with E-state index in [1.54, 1.807) is 18.2 Å². The molecule has 0 radical (unpaired) electrons. The van der Waals surface area contributed by atoms with Crippen LogP contribution in [0.3, 0.4) is 0 Å². The summed E-state index contributed by atoms with van der Waals surface area (Å²) >= 11 is 4.61. The van der Waals surface area contributed by atoms with Gasteiger partial charge in [0.15, 0.2) is 5.11 Å². The van der Waals surface area contributed by atoms with Gasteiger partial charge < -0.3 is 21.1 Å². The maximum absolute atomic E-state index is 9.85. The average Bonchev–Trinajstić information content (AvgIpc) is 2.41. The second kappa shape index (κ2) is 6.10. The Kier molecular flexibility index (Phi) is 4.24. The number of thiocarbonyl (C=S) groups is 1. The van der Waals surface area contributed by atoms with Crippen LogP contribution in [0, 0.1) is 0 Å². The van der Waals surface area contributed by atoms with Gasteiger partial charge >= 0.3 is 0 Å². The van der Waals surface area contributed by atoms with Crippen molar-refractivity contribution in [1.82, 2.24) is 5.43 Å². The fourth-order valence-electron chi connectivity index (χ4n) is 1.76. The molecule has 2 rings (SSSR count). The summed E-state index contributed by atoms with van der Waals surface area (Å²) in [7, 11) is 0. The topological polar surface area (TPSA) is 111 Å². The SMILES string of the molecule is NC(=S)NN=Cc1cc(-c2ccc(O)cc2O)ccc1O. The fourth-order valence-corrected chi connectivity index (χ4v) is 1.81. The summed E-state index contributed by atoms with van der Waals surface area (Å²) in [4.78, 5) is 0. The molecule has 0 unspecified atom stereocenters. The van der Waals surface area contributed by atoms with Crippen molar-refractivity contribution in [1.29, 1.82) is 0 Å². The third kappa shape index (κ3) is 3.61. The highest BCUT2D eigenvalue weighted by Crippen LogP contribution is 2.33. The molecule has 0 amide bonds. The molecule has 0 aliphatic rings. The van der Waals surface area contributed by atoms with Gasteiger partial charge in [-0.2, -0.15) is 5.10 Å². The summed E-state index contributed by atoms with van der Waals surface area (Å²) in [5, 5.41) is 32.7.